The average molecular weight is 289 g/mol. The number of nitrogens with one attached hydrogen (secondary N) is 1. The molecule has 0 saturated carbocycles. The molecule has 1 atom stereocenters. The second kappa shape index (κ2) is 7.39. The maximum absolute atomic E-state index is 4.60. The van der Waals surface area contributed by atoms with Gasteiger partial charge in [0.1, 0.15) is 0 Å². The maximum Gasteiger partial charge on any atom is 0.207 e. The summed E-state index contributed by atoms with van der Waals surface area (Å²) in [5.41, 5.74) is 2.13. The van der Waals surface area contributed by atoms with Crippen LogP contribution in [-0.4, -0.2) is 21.1 Å². The number of thioether (sulfide) groups is 1. The molecule has 0 amide bonds. The predicted octanol–water partition coefficient (Wildman–Crippen LogP) is 4.64. The molecule has 0 radical (unpaired) electrons. The Hall–Kier alpha value is -1.42. The molecule has 2 rings (SSSR count). The molecule has 3 nitrogen and oxygen atoms in total. The molecule has 1 unspecified atom stereocenters. The van der Waals surface area contributed by atoms with E-state index in [1.54, 1.807) is 0 Å². The zero-order valence-electron chi connectivity index (χ0n) is 12.5. The van der Waals surface area contributed by atoms with E-state index < -0.39 is 0 Å². The fraction of sp³-hybridized carbons (Fsp3) is 0.438. The van der Waals surface area contributed by atoms with Gasteiger partial charge in [-0.25, -0.2) is 4.98 Å². The van der Waals surface area contributed by atoms with Gasteiger partial charge in [-0.15, -0.1) is 0 Å². The fourth-order valence-electron chi connectivity index (χ4n) is 2.13. The Balaban J connectivity index is 2.09. The molecule has 0 fully saturated rings. The van der Waals surface area contributed by atoms with Gasteiger partial charge in [0.25, 0.3) is 0 Å². The summed E-state index contributed by atoms with van der Waals surface area (Å²) < 4.78 is 2.25. The van der Waals surface area contributed by atoms with Crippen LogP contribution in [0.5, 0.6) is 0 Å². The summed E-state index contributed by atoms with van der Waals surface area (Å²) in [6.45, 7) is 6.51. The van der Waals surface area contributed by atoms with Crippen molar-refractivity contribution in [2.75, 3.05) is 16.8 Å². The van der Waals surface area contributed by atoms with Crippen molar-refractivity contribution >= 4 is 23.4 Å². The molecule has 108 valence electrons. The van der Waals surface area contributed by atoms with Gasteiger partial charge in [0.2, 0.25) is 5.95 Å². The molecular weight excluding hydrogens is 266 g/mol. The third-order valence-electron chi connectivity index (χ3n) is 3.24. The number of hydrogen-bond donors (Lipinski definition) is 1. The highest BCUT2D eigenvalue weighted by Crippen LogP contribution is 2.23. The monoisotopic (exact) mass is 289 g/mol. The molecule has 1 aromatic heterocycles. The minimum absolute atomic E-state index is 0.460. The summed E-state index contributed by atoms with van der Waals surface area (Å²) in [7, 11) is 0. The van der Waals surface area contributed by atoms with E-state index in [-0.39, 0.29) is 0 Å². The minimum Gasteiger partial charge on any atom is -0.326 e. The normalized spacial score (nSPS) is 12.3. The van der Waals surface area contributed by atoms with Crippen LogP contribution in [-0.2, 0) is 0 Å². The number of para-hydroxylation sites is 1. The number of aromatic nitrogens is 2. The highest BCUT2D eigenvalue weighted by Gasteiger charge is 2.11. The van der Waals surface area contributed by atoms with Crippen LogP contribution < -0.4 is 5.32 Å². The number of benzene rings is 1. The lowest BCUT2D eigenvalue weighted by atomic mass is 10.2. The summed E-state index contributed by atoms with van der Waals surface area (Å²) in [6, 6.07) is 10.7. The van der Waals surface area contributed by atoms with Gasteiger partial charge < -0.3 is 9.88 Å². The number of rotatable bonds is 7. The van der Waals surface area contributed by atoms with Gasteiger partial charge in [0, 0.05) is 17.9 Å². The minimum atomic E-state index is 0.460. The highest BCUT2D eigenvalue weighted by atomic mass is 32.2. The van der Waals surface area contributed by atoms with Crippen LogP contribution in [0.3, 0.4) is 0 Å². The smallest absolute Gasteiger partial charge is 0.207 e. The van der Waals surface area contributed by atoms with Crippen molar-refractivity contribution in [3.63, 3.8) is 0 Å². The first kappa shape index (κ1) is 15.0. The van der Waals surface area contributed by atoms with Gasteiger partial charge in [0.05, 0.1) is 5.69 Å². The van der Waals surface area contributed by atoms with Crippen molar-refractivity contribution in [2.24, 2.45) is 0 Å². The predicted molar refractivity (Wildman–Crippen MR) is 89.0 cm³/mol. The quantitative estimate of drug-likeness (QED) is 0.753. The summed E-state index contributed by atoms with van der Waals surface area (Å²) in [5, 5.41) is 3.41. The van der Waals surface area contributed by atoms with Gasteiger partial charge in [-0.3, -0.25) is 0 Å². The Morgan fingerprint density at radius 2 is 2.05 bits per heavy atom. The molecule has 0 aliphatic rings. The molecule has 0 aliphatic carbocycles. The number of hydrogen-bond acceptors (Lipinski definition) is 3. The van der Waals surface area contributed by atoms with Crippen molar-refractivity contribution in [2.45, 2.75) is 33.2 Å². The van der Waals surface area contributed by atoms with Crippen LogP contribution in [0.15, 0.2) is 36.5 Å². The first-order valence-corrected chi connectivity index (χ1v) is 8.31. The molecule has 1 heterocycles. The standard InChI is InChI=1S/C16H23N3S/c1-4-20-11-10-14(3)19-12-13(2)17-16(19)18-15-8-6-5-7-9-15/h5-9,12,14H,4,10-11H2,1-3H3,(H,17,18). The van der Waals surface area contributed by atoms with E-state index in [4.69, 9.17) is 0 Å². The van der Waals surface area contributed by atoms with E-state index in [2.05, 4.69) is 47.0 Å². The van der Waals surface area contributed by atoms with Crippen LogP contribution in [0.2, 0.25) is 0 Å². The van der Waals surface area contributed by atoms with E-state index in [1.807, 2.05) is 36.9 Å². The lowest BCUT2D eigenvalue weighted by Crippen LogP contribution is -2.09. The zero-order valence-corrected chi connectivity index (χ0v) is 13.3. The van der Waals surface area contributed by atoms with Crippen molar-refractivity contribution in [1.29, 1.82) is 0 Å². The van der Waals surface area contributed by atoms with Crippen LogP contribution in [0.25, 0.3) is 0 Å². The van der Waals surface area contributed by atoms with E-state index in [9.17, 15) is 0 Å². The van der Waals surface area contributed by atoms with Crippen LogP contribution in [0, 0.1) is 6.92 Å². The van der Waals surface area contributed by atoms with Crippen molar-refractivity contribution in [1.82, 2.24) is 9.55 Å². The van der Waals surface area contributed by atoms with Crippen LogP contribution in [0.4, 0.5) is 11.6 Å². The van der Waals surface area contributed by atoms with E-state index in [1.165, 1.54) is 11.5 Å². The van der Waals surface area contributed by atoms with Gasteiger partial charge in [-0.1, -0.05) is 25.1 Å². The van der Waals surface area contributed by atoms with Crippen molar-refractivity contribution in [3.05, 3.63) is 42.2 Å². The number of nitrogens with zero attached hydrogens (tertiary/aromatic N) is 2. The molecule has 0 bridgehead atoms. The molecule has 4 heteroatoms. The van der Waals surface area contributed by atoms with E-state index >= 15 is 0 Å². The summed E-state index contributed by atoms with van der Waals surface area (Å²) in [6.07, 6.45) is 3.30. The van der Waals surface area contributed by atoms with Gasteiger partial charge in [-0.05, 0) is 43.9 Å². The Labute approximate surface area is 125 Å². The van der Waals surface area contributed by atoms with Crippen molar-refractivity contribution in [3.8, 4) is 0 Å². The lowest BCUT2D eigenvalue weighted by molar-refractivity contribution is 0.540. The fourth-order valence-corrected chi connectivity index (χ4v) is 2.93. The summed E-state index contributed by atoms with van der Waals surface area (Å²) in [4.78, 5) is 4.60. The third-order valence-corrected chi connectivity index (χ3v) is 4.17. The molecule has 1 aromatic carbocycles. The lowest BCUT2D eigenvalue weighted by Gasteiger charge is -2.16. The van der Waals surface area contributed by atoms with Gasteiger partial charge in [0.15, 0.2) is 0 Å². The SMILES string of the molecule is CCSCCC(C)n1cc(C)nc1Nc1ccccc1. The molecule has 1 N–H and O–H groups in total. The number of imidazole rings is 1. The molecule has 2 aromatic rings. The second-order valence-electron chi connectivity index (χ2n) is 4.94. The number of aryl methyl sites for hydroxylation is 1. The van der Waals surface area contributed by atoms with E-state index in [0.29, 0.717) is 6.04 Å². The van der Waals surface area contributed by atoms with Crippen LogP contribution in [0.1, 0.15) is 32.0 Å². The highest BCUT2D eigenvalue weighted by molar-refractivity contribution is 7.99. The molecule has 0 saturated heterocycles. The first-order valence-electron chi connectivity index (χ1n) is 7.16. The van der Waals surface area contributed by atoms with E-state index in [0.717, 1.165) is 23.8 Å². The van der Waals surface area contributed by atoms with Gasteiger partial charge >= 0.3 is 0 Å². The number of anilines is 2. The average Bonchev–Trinajstić information content (AvgIpc) is 2.81. The Bertz CT molecular complexity index is 522. The maximum atomic E-state index is 4.60. The molecule has 20 heavy (non-hydrogen) atoms. The topological polar surface area (TPSA) is 29.9 Å². The second-order valence-corrected chi connectivity index (χ2v) is 6.33. The Morgan fingerprint density at radius 3 is 2.75 bits per heavy atom. The third kappa shape index (κ3) is 4.04. The van der Waals surface area contributed by atoms with Crippen LogP contribution >= 0.6 is 11.8 Å². The van der Waals surface area contributed by atoms with Gasteiger partial charge in [-0.2, -0.15) is 11.8 Å². The first-order chi connectivity index (χ1) is 9.70. The zero-order chi connectivity index (χ0) is 14.4. The Morgan fingerprint density at radius 1 is 1.30 bits per heavy atom. The molecule has 0 aliphatic heterocycles. The molecule has 0 spiro atoms. The summed E-state index contributed by atoms with van der Waals surface area (Å²) >= 11 is 1.99. The summed E-state index contributed by atoms with van der Waals surface area (Å²) in [5.74, 6) is 3.31. The Kier molecular flexibility index (Phi) is 5.53. The molecular formula is C16H23N3S. The van der Waals surface area contributed by atoms with Crippen molar-refractivity contribution < 1.29 is 0 Å². The largest absolute Gasteiger partial charge is 0.326 e.